The summed E-state index contributed by atoms with van der Waals surface area (Å²) < 4.78 is 5.29. The molecule has 2 rings (SSSR count). The fourth-order valence-corrected chi connectivity index (χ4v) is 2.91. The molecular weight excluding hydrogens is 290 g/mol. The van der Waals surface area contributed by atoms with Crippen LogP contribution in [0.3, 0.4) is 0 Å². The molecule has 1 fully saturated rings. The number of aryl methyl sites for hydroxylation is 1. The zero-order valence-electron chi connectivity index (χ0n) is 15.0. The number of nitrogens with zero attached hydrogens (tertiary/aromatic N) is 3. The van der Waals surface area contributed by atoms with Crippen LogP contribution in [0, 0.1) is 0 Å². The summed E-state index contributed by atoms with van der Waals surface area (Å²) in [4.78, 5) is 6.86. The molecule has 0 atom stereocenters. The van der Waals surface area contributed by atoms with Crippen molar-refractivity contribution in [3.05, 3.63) is 17.5 Å². The van der Waals surface area contributed by atoms with Crippen LogP contribution < -0.4 is 10.6 Å². The van der Waals surface area contributed by atoms with Gasteiger partial charge in [-0.05, 0) is 46.2 Å². The smallest absolute Gasteiger partial charge is 0.191 e. The lowest BCUT2D eigenvalue weighted by molar-refractivity contribution is 0.0982. The van der Waals surface area contributed by atoms with Gasteiger partial charge in [-0.1, -0.05) is 18.5 Å². The van der Waals surface area contributed by atoms with Crippen LogP contribution in [0.5, 0.6) is 0 Å². The molecule has 0 aromatic carbocycles. The zero-order valence-corrected chi connectivity index (χ0v) is 15.0. The van der Waals surface area contributed by atoms with Crippen molar-refractivity contribution in [2.45, 2.75) is 58.5 Å². The molecule has 1 aromatic rings. The van der Waals surface area contributed by atoms with E-state index in [1.54, 1.807) is 7.05 Å². The molecule has 2 N–H and O–H groups in total. The highest BCUT2D eigenvalue weighted by Crippen LogP contribution is 2.19. The van der Waals surface area contributed by atoms with Crippen LogP contribution in [-0.2, 0) is 13.0 Å². The van der Waals surface area contributed by atoms with Crippen molar-refractivity contribution in [1.82, 2.24) is 20.7 Å². The second-order valence-corrected chi connectivity index (χ2v) is 6.78. The Morgan fingerprint density at radius 1 is 1.30 bits per heavy atom. The number of likely N-dealkylation sites (tertiary alicyclic amines) is 1. The topological polar surface area (TPSA) is 65.7 Å². The average Bonchev–Trinajstić information content (AvgIpc) is 3.04. The summed E-state index contributed by atoms with van der Waals surface area (Å²) in [5.41, 5.74) is 1.11. The minimum Gasteiger partial charge on any atom is -0.359 e. The number of aromatic nitrogens is 1. The van der Waals surface area contributed by atoms with Gasteiger partial charge in [-0.2, -0.15) is 0 Å². The van der Waals surface area contributed by atoms with Gasteiger partial charge in [0.25, 0.3) is 0 Å². The molecule has 6 heteroatoms. The van der Waals surface area contributed by atoms with Crippen molar-refractivity contribution in [1.29, 1.82) is 0 Å². The minimum absolute atomic E-state index is 0.125. The fourth-order valence-electron chi connectivity index (χ4n) is 2.91. The van der Waals surface area contributed by atoms with Gasteiger partial charge < -0.3 is 15.2 Å². The molecule has 0 unspecified atom stereocenters. The monoisotopic (exact) mass is 321 g/mol. The van der Waals surface area contributed by atoms with Gasteiger partial charge in [-0.3, -0.25) is 9.89 Å². The number of guanidine groups is 1. The van der Waals surface area contributed by atoms with Gasteiger partial charge in [-0.25, -0.2) is 0 Å². The van der Waals surface area contributed by atoms with E-state index < -0.39 is 0 Å². The number of rotatable bonds is 6. The molecule has 0 radical (unpaired) electrons. The van der Waals surface area contributed by atoms with Crippen LogP contribution in [0.2, 0.25) is 0 Å². The molecule has 6 nitrogen and oxygen atoms in total. The lowest BCUT2D eigenvalue weighted by atomic mass is 9.98. The molecule has 23 heavy (non-hydrogen) atoms. The van der Waals surface area contributed by atoms with Crippen molar-refractivity contribution in [3.8, 4) is 0 Å². The maximum absolute atomic E-state index is 5.29. The summed E-state index contributed by atoms with van der Waals surface area (Å²) in [5, 5.41) is 10.7. The van der Waals surface area contributed by atoms with Gasteiger partial charge in [0.15, 0.2) is 11.7 Å². The highest BCUT2D eigenvalue weighted by atomic mass is 16.5. The fraction of sp³-hybridized carbons (Fsp3) is 0.765. The third kappa shape index (κ3) is 5.23. The molecule has 2 heterocycles. The van der Waals surface area contributed by atoms with Crippen molar-refractivity contribution in [3.63, 3.8) is 0 Å². The largest absolute Gasteiger partial charge is 0.359 e. The first-order valence-electron chi connectivity index (χ1n) is 8.69. The molecule has 0 saturated carbocycles. The molecule has 1 aliphatic heterocycles. The van der Waals surface area contributed by atoms with Crippen molar-refractivity contribution in [2.75, 3.05) is 26.7 Å². The van der Waals surface area contributed by atoms with E-state index >= 15 is 0 Å². The third-order valence-corrected chi connectivity index (χ3v) is 4.52. The van der Waals surface area contributed by atoms with Crippen molar-refractivity contribution in [2.24, 2.45) is 4.99 Å². The number of nitrogens with one attached hydrogen (secondary N) is 2. The summed E-state index contributed by atoms with van der Waals surface area (Å²) in [6, 6.07) is 1.98. The van der Waals surface area contributed by atoms with Gasteiger partial charge in [0.2, 0.25) is 0 Å². The van der Waals surface area contributed by atoms with Gasteiger partial charge in [0.1, 0.15) is 0 Å². The number of piperidine rings is 1. The van der Waals surface area contributed by atoms with Gasteiger partial charge >= 0.3 is 0 Å². The predicted molar refractivity (Wildman–Crippen MR) is 93.6 cm³/mol. The predicted octanol–water partition coefficient (Wildman–Crippen LogP) is 2.17. The standard InChI is InChI=1S/C17H31N5O/c1-5-14-11-15(23-21-14)12-19-16(18-4)20-13-17(2,3)22-9-7-6-8-10-22/h11H,5-10,12-13H2,1-4H3,(H2,18,19,20). The normalized spacial score (nSPS) is 17.3. The maximum Gasteiger partial charge on any atom is 0.191 e. The Morgan fingerprint density at radius 2 is 2.04 bits per heavy atom. The van der Waals surface area contributed by atoms with Crippen LogP contribution in [-0.4, -0.2) is 48.2 Å². The highest BCUT2D eigenvalue weighted by molar-refractivity contribution is 5.79. The van der Waals surface area contributed by atoms with Gasteiger partial charge in [-0.15, -0.1) is 0 Å². The molecule has 1 aromatic heterocycles. The van der Waals surface area contributed by atoms with E-state index in [2.05, 4.69) is 46.5 Å². The zero-order chi connectivity index (χ0) is 16.7. The number of hydrogen-bond donors (Lipinski definition) is 2. The first-order chi connectivity index (χ1) is 11.0. The Labute approximate surface area is 139 Å². The van der Waals surface area contributed by atoms with E-state index in [0.717, 1.165) is 30.4 Å². The Kier molecular flexibility index (Phi) is 6.45. The molecule has 0 bridgehead atoms. The second kappa shape index (κ2) is 8.34. The summed E-state index contributed by atoms with van der Waals surface area (Å²) in [6.07, 6.45) is 4.87. The van der Waals surface area contributed by atoms with Gasteiger partial charge in [0.05, 0.1) is 12.2 Å². The van der Waals surface area contributed by atoms with Crippen molar-refractivity contribution >= 4 is 5.96 Å². The van der Waals surface area contributed by atoms with E-state index in [0.29, 0.717) is 6.54 Å². The Morgan fingerprint density at radius 3 is 2.65 bits per heavy atom. The van der Waals surface area contributed by atoms with E-state index in [4.69, 9.17) is 4.52 Å². The molecule has 1 aliphatic rings. The molecule has 0 spiro atoms. The second-order valence-electron chi connectivity index (χ2n) is 6.78. The Bertz CT molecular complexity index is 503. The first kappa shape index (κ1) is 17.8. The molecule has 0 aliphatic carbocycles. The summed E-state index contributed by atoms with van der Waals surface area (Å²) in [5.74, 6) is 1.63. The lowest BCUT2D eigenvalue weighted by Crippen LogP contribution is -2.54. The van der Waals surface area contributed by atoms with Gasteiger partial charge in [0, 0.05) is 25.2 Å². The third-order valence-electron chi connectivity index (χ3n) is 4.52. The van der Waals surface area contributed by atoms with Crippen molar-refractivity contribution < 1.29 is 4.52 Å². The summed E-state index contributed by atoms with van der Waals surface area (Å²) in [6.45, 7) is 10.5. The average molecular weight is 321 g/mol. The first-order valence-corrected chi connectivity index (χ1v) is 8.69. The van der Waals surface area contributed by atoms with Crippen LogP contribution >= 0.6 is 0 Å². The van der Waals surface area contributed by atoms with Crippen LogP contribution in [0.1, 0.15) is 51.5 Å². The SMILES string of the molecule is CCc1cc(CNC(=NC)NCC(C)(C)N2CCCCC2)on1. The molecule has 1 saturated heterocycles. The molecule has 130 valence electrons. The number of aliphatic imine (C=N–C) groups is 1. The Balaban J connectivity index is 1.79. The maximum atomic E-state index is 5.29. The summed E-state index contributed by atoms with van der Waals surface area (Å²) in [7, 11) is 1.79. The van der Waals surface area contributed by atoms with E-state index in [1.807, 2.05) is 6.07 Å². The highest BCUT2D eigenvalue weighted by Gasteiger charge is 2.27. The molecular formula is C17H31N5O. The molecule has 0 amide bonds. The lowest BCUT2D eigenvalue weighted by Gasteiger charge is -2.41. The minimum atomic E-state index is 0.125. The summed E-state index contributed by atoms with van der Waals surface area (Å²) >= 11 is 0. The number of hydrogen-bond acceptors (Lipinski definition) is 4. The van der Waals surface area contributed by atoms with Crippen LogP contribution in [0.25, 0.3) is 0 Å². The van der Waals surface area contributed by atoms with Crippen LogP contribution in [0.4, 0.5) is 0 Å². The van der Waals surface area contributed by atoms with Crippen LogP contribution in [0.15, 0.2) is 15.6 Å². The van der Waals surface area contributed by atoms with E-state index in [9.17, 15) is 0 Å². The van der Waals surface area contributed by atoms with E-state index in [1.165, 1.54) is 32.4 Å². The quantitative estimate of drug-likeness (QED) is 0.621. The Hall–Kier alpha value is -1.56. The van der Waals surface area contributed by atoms with E-state index in [-0.39, 0.29) is 5.54 Å².